The van der Waals surface area contributed by atoms with Crippen LogP contribution in [0.25, 0.3) is 0 Å². The minimum absolute atomic E-state index is 0.0614. The van der Waals surface area contributed by atoms with E-state index in [4.69, 9.17) is 14.2 Å². The Morgan fingerprint density at radius 3 is 2.44 bits per heavy atom. The van der Waals surface area contributed by atoms with Gasteiger partial charge in [-0.15, -0.1) is 0 Å². The molecule has 3 heteroatoms. The standard InChI is InChI=1S/C24H34O3/c1-5-8-16-24(17-9-6-2)18-12-10-14-20(25-4)22(18)27-23-19(24)13-11-15-21(23)26-7-3/h10-15,19,23H,5-9,16-17H2,1-4H3. The van der Waals surface area contributed by atoms with Crippen molar-refractivity contribution < 1.29 is 14.2 Å². The van der Waals surface area contributed by atoms with Crippen LogP contribution in [0.5, 0.6) is 11.5 Å². The predicted molar refractivity (Wildman–Crippen MR) is 110 cm³/mol. The number of para-hydroxylation sites is 1. The minimum Gasteiger partial charge on any atom is -0.494 e. The fourth-order valence-electron chi connectivity index (χ4n) is 4.75. The van der Waals surface area contributed by atoms with Gasteiger partial charge in [0.15, 0.2) is 17.6 Å². The monoisotopic (exact) mass is 370 g/mol. The Hall–Kier alpha value is -1.90. The summed E-state index contributed by atoms with van der Waals surface area (Å²) in [5.41, 5.74) is 1.37. The number of hydrogen-bond donors (Lipinski definition) is 0. The Balaban J connectivity index is 2.15. The highest BCUT2D eigenvalue weighted by Gasteiger charge is 2.51. The Labute approximate surface area is 164 Å². The van der Waals surface area contributed by atoms with Crippen LogP contribution in [0, 0.1) is 5.92 Å². The topological polar surface area (TPSA) is 27.7 Å². The lowest BCUT2D eigenvalue weighted by molar-refractivity contribution is 0.0339. The van der Waals surface area contributed by atoms with Crippen LogP contribution in [0.1, 0.15) is 64.9 Å². The third kappa shape index (κ3) is 3.61. The van der Waals surface area contributed by atoms with Gasteiger partial charge in [0.1, 0.15) is 5.76 Å². The molecular weight excluding hydrogens is 336 g/mol. The zero-order valence-corrected chi connectivity index (χ0v) is 17.3. The summed E-state index contributed by atoms with van der Waals surface area (Å²) in [7, 11) is 1.73. The highest BCUT2D eigenvalue weighted by atomic mass is 16.6. The third-order valence-corrected chi connectivity index (χ3v) is 6.07. The molecule has 2 aliphatic rings. The van der Waals surface area contributed by atoms with Gasteiger partial charge in [-0.05, 0) is 31.9 Å². The van der Waals surface area contributed by atoms with E-state index < -0.39 is 0 Å². The van der Waals surface area contributed by atoms with Gasteiger partial charge in [-0.3, -0.25) is 0 Å². The smallest absolute Gasteiger partial charge is 0.166 e. The van der Waals surface area contributed by atoms with Crippen LogP contribution >= 0.6 is 0 Å². The van der Waals surface area contributed by atoms with Gasteiger partial charge in [0.05, 0.1) is 13.7 Å². The molecule has 1 aliphatic carbocycles. The highest BCUT2D eigenvalue weighted by molar-refractivity contribution is 5.54. The Bertz CT molecular complexity index is 681. The van der Waals surface area contributed by atoms with Crippen LogP contribution in [0.4, 0.5) is 0 Å². The zero-order chi connectivity index (χ0) is 19.3. The quantitative estimate of drug-likeness (QED) is 0.519. The molecule has 0 saturated carbocycles. The Morgan fingerprint density at radius 1 is 1.07 bits per heavy atom. The second-order valence-corrected chi connectivity index (χ2v) is 7.65. The molecule has 3 nitrogen and oxygen atoms in total. The van der Waals surface area contributed by atoms with E-state index in [1.807, 2.05) is 13.0 Å². The van der Waals surface area contributed by atoms with Crippen LogP contribution in [-0.4, -0.2) is 19.8 Å². The average molecular weight is 371 g/mol. The Kier molecular flexibility index (Phi) is 6.51. The van der Waals surface area contributed by atoms with E-state index >= 15 is 0 Å². The summed E-state index contributed by atoms with van der Waals surface area (Å²) in [5, 5.41) is 0. The minimum atomic E-state index is -0.0764. The van der Waals surface area contributed by atoms with Crippen LogP contribution in [0.2, 0.25) is 0 Å². The van der Waals surface area contributed by atoms with Gasteiger partial charge in [0, 0.05) is 16.9 Å². The number of hydrogen-bond acceptors (Lipinski definition) is 3. The van der Waals surface area contributed by atoms with Gasteiger partial charge in [-0.2, -0.15) is 0 Å². The summed E-state index contributed by atoms with van der Waals surface area (Å²) in [6.07, 6.45) is 13.6. The lowest BCUT2D eigenvalue weighted by Crippen LogP contribution is -2.49. The lowest BCUT2D eigenvalue weighted by atomic mass is 9.60. The Morgan fingerprint density at radius 2 is 1.81 bits per heavy atom. The maximum atomic E-state index is 6.57. The van der Waals surface area contributed by atoms with Crippen molar-refractivity contribution in [2.24, 2.45) is 5.92 Å². The first kappa shape index (κ1) is 19.9. The SMILES string of the molecule is CCCCC1(CCCC)c2cccc(OC)c2OC2C(OCC)=CC=CC21. The molecule has 1 aromatic rings. The van der Waals surface area contributed by atoms with Gasteiger partial charge >= 0.3 is 0 Å². The summed E-state index contributed by atoms with van der Waals surface area (Å²) in [4.78, 5) is 0. The molecule has 148 valence electrons. The van der Waals surface area contributed by atoms with E-state index in [1.165, 1.54) is 31.2 Å². The number of rotatable bonds is 9. The highest BCUT2D eigenvalue weighted by Crippen LogP contribution is 2.55. The predicted octanol–water partition coefficient (Wildman–Crippen LogP) is 6.18. The molecule has 1 aromatic carbocycles. The van der Waals surface area contributed by atoms with Crippen molar-refractivity contribution >= 4 is 0 Å². The number of methoxy groups -OCH3 is 1. The number of fused-ring (bicyclic) bond motifs is 2. The van der Waals surface area contributed by atoms with Gasteiger partial charge in [0.25, 0.3) is 0 Å². The fraction of sp³-hybridized carbons (Fsp3) is 0.583. The third-order valence-electron chi connectivity index (χ3n) is 6.07. The van der Waals surface area contributed by atoms with E-state index in [0.717, 1.165) is 30.1 Å². The molecule has 27 heavy (non-hydrogen) atoms. The van der Waals surface area contributed by atoms with E-state index in [9.17, 15) is 0 Å². The summed E-state index contributed by atoms with van der Waals surface area (Å²) < 4.78 is 18.2. The zero-order valence-electron chi connectivity index (χ0n) is 17.3. The van der Waals surface area contributed by atoms with Crippen LogP contribution in [0.3, 0.4) is 0 Å². The van der Waals surface area contributed by atoms with Crippen molar-refractivity contribution in [2.75, 3.05) is 13.7 Å². The van der Waals surface area contributed by atoms with Gasteiger partial charge < -0.3 is 14.2 Å². The van der Waals surface area contributed by atoms with Crippen LogP contribution < -0.4 is 9.47 Å². The maximum absolute atomic E-state index is 6.57. The number of benzene rings is 1. The summed E-state index contributed by atoms with van der Waals surface area (Å²) in [6, 6.07) is 6.37. The fourth-order valence-corrected chi connectivity index (χ4v) is 4.75. The molecule has 1 heterocycles. The summed E-state index contributed by atoms with van der Waals surface area (Å²) >= 11 is 0. The van der Waals surface area contributed by atoms with Crippen molar-refractivity contribution in [2.45, 2.75) is 70.8 Å². The molecule has 0 amide bonds. The molecule has 2 unspecified atom stereocenters. The van der Waals surface area contributed by atoms with Crippen molar-refractivity contribution in [3.05, 3.63) is 47.7 Å². The molecule has 0 aromatic heterocycles. The first-order valence-corrected chi connectivity index (χ1v) is 10.6. The number of unbranched alkanes of at least 4 members (excludes halogenated alkanes) is 2. The number of ether oxygens (including phenoxy) is 3. The molecule has 1 aliphatic heterocycles. The van der Waals surface area contributed by atoms with E-state index in [1.54, 1.807) is 7.11 Å². The van der Waals surface area contributed by atoms with Gasteiger partial charge in [-0.25, -0.2) is 0 Å². The second kappa shape index (κ2) is 8.86. The molecule has 0 fully saturated rings. The largest absolute Gasteiger partial charge is 0.494 e. The average Bonchev–Trinajstić information content (AvgIpc) is 2.70. The lowest BCUT2D eigenvalue weighted by Gasteiger charge is -2.49. The van der Waals surface area contributed by atoms with Crippen molar-refractivity contribution in [1.29, 1.82) is 0 Å². The summed E-state index contributed by atoms with van der Waals surface area (Å²) in [6.45, 7) is 7.24. The molecule has 0 spiro atoms. The first-order chi connectivity index (χ1) is 13.2. The van der Waals surface area contributed by atoms with Crippen LogP contribution in [0.15, 0.2) is 42.2 Å². The summed E-state index contributed by atoms with van der Waals surface area (Å²) in [5.74, 6) is 2.98. The molecule has 0 radical (unpaired) electrons. The first-order valence-electron chi connectivity index (χ1n) is 10.6. The van der Waals surface area contributed by atoms with Crippen molar-refractivity contribution in [1.82, 2.24) is 0 Å². The molecule has 0 bridgehead atoms. The maximum Gasteiger partial charge on any atom is 0.166 e. The van der Waals surface area contributed by atoms with Gasteiger partial charge in [0.2, 0.25) is 0 Å². The second-order valence-electron chi connectivity index (χ2n) is 7.65. The van der Waals surface area contributed by atoms with Crippen molar-refractivity contribution in [3.63, 3.8) is 0 Å². The van der Waals surface area contributed by atoms with E-state index in [0.29, 0.717) is 12.5 Å². The van der Waals surface area contributed by atoms with E-state index in [2.05, 4.69) is 44.2 Å². The van der Waals surface area contributed by atoms with Crippen molar-refractivity contribution in [3.8, 4) is 11.5 Å². The van der Waals surface area contributed by atoms with Crippen LogP contribution in [-0.2, 0) is 10.2 Å². The molecule has 2 atom stereocenters. The molecule has 0 saturated heterocycles. The molecule has 0 N–H and O–H groups in total. The molecular formula is C24H34O3. The number of allylic oxidation sites excluding steroid dienone is 2. The van der Waals surface area contributed by atoms with E-state index in [-0.39, 0.29) is 11.5 Å². The molecule has 3 rings (SSSR count). The van der Waals surface area contributed by atoms with Gasteiger partial charge in [-0.1, -0.05) is 63.8 Å². The normalized spacial score (nSPS) is 22.3.